The molecule has 1 aromatic rings. The molecule has 0 bridgehead atoms. The Labute approximate surface area is 160 Å². The van der Waals surface area contributed by atoms with Gasteiger partial charge < -0.3 is 14.3 Å². The third-order valence-electron chi connectivity index (χ3n) is 6.58. The van der Waals surface area contributed by atoms with Gasteiger partial charge in [-0.05, 0) is 38.5 Å². The minimum absolute atomic E-state index is 0.0497. The maximum atomic E-state index is 12.7. The zero-order valence-electron chi connectivity index (χ0n) is 16.2. The molecule has 1 unspecified atom stereocenters. The van der Waals surface area contributed by atoms with Crippen molar-refractivity contribution in [1.82, 2.24) is 15.0 Å². The Morgan fingerprint density at radius 2 is 2.00 bits per heavy atom. The third-order valence-corrected chi connectivity index (χ3v) is 6.58. The van der Waals surface area contributed by atoms with Crippen molar-refractivity contribution in [2.24, 2.45) is 0 Å². The molecular weight excluding hydrogens is 344 g/mol. The molecule has 27 heavy (non-hydrogen) atoms. The van der Waals surface area contributed by atoms with Gasteiger partial charge in [-0.25, -0.2) is 4.79 Å². The van der Waals surface area contributed by atoms with Crippen LogP contribution in [-0.2, 0) is 10.2 Å². The molecule has 1 N–H and O–H groups in total. The summed E-state index contributed by atoms with van der Waals surface area (Å²) in [5, 5.41) is 6.96. The lowest BCUT2D eigenvalue weighted by Crippen LogP contribution is -2.39. The highest BCUT2D eigenvalue weighted by Gasteiger charge is 2.35. The lowest BCUT2D eigenvalue weighted by Gasteiger charge is -2.26. The molecule has 3 amide bonds. The lowest BCUT2D eigenvalue weighted by atomic mass is 9.86. The van der Waals surface area contributed by atoms with E-state index in [1.165, 1.54) is 12.8 Å². The Morgan fingerprint density at radius 3 is 2.74 bits per heavy atom. The Kier molecular flexibility index (Phi) is 5.10. The van der Waals surface area contributed by atoms with E-state index in [1.54, 1.807) is 0 Å². The second-order valence-electron chi connectivity index (χ2n) is 8.54. The van der Waals surface area contributed by atoms with Crippen LogP contribution in [0.25, 0.3) is 0 Å². The van der Waals surface area contributed by atoms with E-state index in [0.29, 0.717) is 25.3 Å². The molecule has 4 rings (SSSR count). The highest BCUT2D eigenvalue weighted by molar-refractivity contribution is 5.88. The molecule has 3 aliphatic rings. The van der Waals surface area contributed by atoms with Crippen LogP contribution in [0, 0.1) is 0 Å². The fourth-order valence-corrected chi connectivity index (χ4v) is 4.86. The van der Waals surface area contributed by atoms with Gasteiger partial charge in [0.25, 0.3) is 0 Å². The average Bonchev–Trinajstić information content (AvgIpc) is 3.35. The molecule has 1 saturated carbocycles. The fourth-order valence-electron chi connectivity index (χ4n) is 4.86. The number of amides is 3. The molecule has 7 nitrogen and oxygen atoms in total. The molecule has 0 spiro atoms. The summed E-state index contributed by atoms with van der Waals surface area (Å²) in [5.74, 6) is 1.64. The van der Waals surface area contributed by atoms with Gasteiger partial charge in [0.1, 0.15) is 5.76 Å². The molecule has 2 aliphatic heterocycles. The van der Waals surface area contributed by atoms with Crippen molar-refractivity contribution in [3.05, 3.63) is 11.8 Å². The summed E-state index contributed by atoms with van der Waals surface area (Å²) in [6, 6.07) is 2.03. The molecule has 3 fully saturated rings. The summed E-state index contributed by atoms with van der Waals surface area (Å²) in [6.45, 7) is 4.46. The molecule has 1 aliphatic carbocycles. The summed E-state index contributed by atoms with van der Waals surface area (Å²) in [5.41, 5.74) is 0.0497. The first kappa shape index (κ1) is 18.3. The monoisotopic (exact) mass is 374 g/mol. The fraction of sp³-hybridized carbons (Fsp3) is 0.750. The number of nitrogens with one attached hydrogen (secondary N) is 1. The molecule has 2 saturated heterocycles. The normalized spacial score (nSPS) is 25.7. The summed E-state index contributed by atoms with van der Waals surface area (Å²) in [7, 11) is 0. The van der Waals surface area contributed by atoms with Crippen molar-refractivity contribution in [1.29, 1.82) is 0 Å². The summed E-state index contributed by atoms with van der Waals surface area (Å²) < 4.78 is 5.53. The van der Waals surface area contributed by atoms with Crippen molar-refractivity contribution < 1.29 is 14.1 Å². The summed E-state index contributed by atoms with van der Waals surface area (Å²) >= 11 is 0. The van der Waals surface area contributed by atoms with Gasteiger partial charge in [-0.3, -0.25) is 10.1 Å². The third kappa shape index (κ3) is 3.82. The van der Waals surface area contributed by atoms with E-state index in [4.69, 9.17) is 4.52 Å². The molecule has 148 valence electrons. The lowest BCUT2D eigenvalue weighted by molar-refractivity contribution is -0.129. The highest BCUT2D eigenvalue weighted by Crippen LogP contribution is 2.41. The van der Waals surface area contributed by atoms with Crippen molar-refractivity contribution in [2.75, 3.05) is 25.0 Å². The average molecular weight is 374 g/mol. The summed E-state index contributed by atoms with van der Waals surface area (Å²) in [4.78, 5) is 28.5. The van der Waals surface area contributed by atoms with E-state index in [9.17, 15) is 9.59 Å². The largest absolute Gasteiger partial charge is 0.359 e. The highest BCUT2D eigenvalue weighted by atomic mass is 16.5. The first-order chi connectivity index (χ1) is 13.0. The van der Waals surface area contributed by atoms with Crippen LogP contribution in [0.15, 0.2) is 10.6 Å². The molecule has 3 heterocycles. The van der Waals surface area contributed by atoms with E-state index in [1.807, 2.05) is 15.9 Å². The van der Waals surface area contributed by atoms with Gasteiger partial charge in [0.2, 0.25) is 5.91 Å². The van der Waals surface area contributed by atoms with Crippen LogP contribution in [0.4, 0.5) is 10.6 Å². The van der Waals surface area contributed by atoms with Gasteiger partial charge >= 0.3 is 6.03 Å². The number of hydrogen-bond acceptors (Lipinski definition) is 4. The maximum Gasteiger partial charge on any atom is 0.323 e. The standard InChI is InChI=1S/C20H30N4O3/c1-20(9-2-3-10-20)16-14-17(22-27-16)21-19(26)23-11-4-6-15(8-13-23)24-12-5-7-18(24)25/h14-15H,2-13H2,1H3,(H,21,22,26). The molecule has 1 aromatic heterocycles. The Morgan fingerprint density at radius 1 is 1.19 bits per heavy atom. The smallest absolute Gasteiger partial charge is 0.323 e. The van der Waals surface area contributed by atoms with Crippen molar-refractivity contribution in [3.8, 4) is 0 Å². The quantitative estimate of drug-likeness (QED) is 0.878. The number of carbonyl (C=O) groups excluding carboxylic acids is 2. The van der Waals surface area contributed by atoms with Gasteiger partial charge in [0.05, 0.1) is 0 Å². The number of rotatable bonds is 3. The number of nitrogens with zero attached hydrogens (tertiary/aromatic N) is 3. The van der Waals surface area contributed by atoms with E-state index >= 15 is 0 Å². The van der Waals surface area contributed by atoms with Gasteiger partial charge in [-0.1, -0.05) is 24.9 Å². The van der Waals surface area contributed by atoms with E-state index in [2.05, 4.69) is 17.4 Å². The number of urea groups is 1. The van der Waals surface area contributed by atoms with Crippen LogP contribution in [0.1, 0.15) is 70.5 Å². The van der Waals surface area contributed by atoms with Crippen molar-refractivity contribution >= 4 is 17.8 Å². The number of anilines is 1. The van der Waals surface area contributed by atoms with Crippen molar-refractivity contribution in [3.63, 3.8) is 0 Å². The minimum atomic E-state index is -0.125. The van der Waals surface area contributed by atoms with E-state index in [-0.39, 0.29) is 23.4 Å². The van der Waals surface area contributed by atoms with Crippen LogP contribution < -0.4 is 5.32 Å². The van der Waals surface area contributed by atoms with Crippen LogP contribution in [0.2, 0.25) is 0 Å². The van der Waals surface area contributed by atoms with Crippen molar-refractivity contribution in [2.45, 2.75) is 76.2 Å². The summed E-state index contributed by atoms with van der Waals surface area (Å²) in [6.07, 6.45) is 9.03. The van der Waals surface area contributed by atoms with Gasteiger partial charge in [0, 0.05) is 43.6 Å². The molecular formula is C20H30N4O3. The number of aromatic nitrogens is 1. The van der Waals surface area contributed by atoms with Gasteiger partial charge in [-0.15, -0.1) is 0 Å². The van der Waals surface area contributed by atoms with Gasteiger partial charge in [0.15, 0.2) is 5.82 Å². The number of hydrogen-bond donors (Lipinski definition) is 1. The maximum absolute atomic E-state index is 12.7. The zero-order chi connectivity index (χ0) is 18.9. The van der Waals surface area contributed by atoms with Crippen LogP contribution >= 0.6 is 0 Å². The topological polar surface area (TPSA) is 78.7 Å². The van der Waals surface area contributed by atoms with Crippen LogP contribution in [-0.4, -0.2) is 52.6 Å². The second-order valence-corrected chi connectivity index (χ2v) is 8.54. The first-order valence-electron chi connectivity index (χ1n) is 10.4. The predicted molar refractivity (Wildman–Crippen MR) is 102 cm³/mol. The Bertz CT molecular complexity index is 695. The van der Waals surface area contributed by atoms with E-state index < -0.39 is 0 Å². The van der Waals surface area contributed by atoms with Crippen LogP contribution in [0.3, 0.4) is 0 Å². The molecule has 7 heteroatoms. The second kappa shape index (κ2) is 7.52. The molecule has 0 radical (unpaired) electrons. The molecule has 0 aromatic carbocycles. The SMILES string of the molecule is CC1(c2cc(NC(=O)N3CCCC(N4CCCC4=O)CC3)no2)CCCC1. The predicted octanol–water partition coefficient (Wildman–Crippen LogP) is 3.52. The van der Waals surface area contributed by atoms with Gasteiger partial charge in [-0.2, -0.15) is 0 Å². The zero-order valence-corrected chi connectivity index (χ0v) is 16.2. The first-order valence-corrected chi connectivity index (χ1v) is 10.4. The van der Waals surface area contributed by atoms with Crippen LogP contribution in [0.5, 0.6) is 0 Å². The van der Waals surface area contributed by atoms with E-state index in [0.717, 1.165) is 50.8 Å². The number of likely N-dealkylation sites (tertiary alicyclic amines) is 2. The minimum Gasteiger partial charge on any atom is -0.359 e. The molecule has 1 atom stereocenters. The Hall–Kier alpha value is -2.05. The number of carbonyl (C=O) groups is 2. The Balaban J connectivity index is 1.33.